The van der Waals surface area contributed by atoms with Crippen molar-refractivity contribution in [2.45, 2.75) is 12.5 Å². The molecule has 0 unspecified atom stereocenters. The second-order valence-electron chi connectivity index (χ2n) is 6.73. The number of nitrogens with zero attached hydrogens (tertiary/aromatic N) is 1. The maximum Gasteiger partial charge on any atom is 0.240 e. The predicted octanol–water partition coefficient (Wildman–Crippen LogP) is 5.19. The van der Waals surface area contributed by atoms with Crippen molar-refractivity contribution in [2.75, 3.05) is 4.90 Å². The van der Waals surface area contributed by atoms with Gasteiger partial charge in [0, 0.05) is 5.69 Å². The standard InChI is InChI=1S/C24H21NO/c1-2-24(18-19-12-6-3-7-13-19)22(20-14-8-4-9-15-20)25(23(24)26)21-16-10-5-11-17-21/h2-17,22H,1,18H2/t22-,24-/m0/s1. The van der Waals surface area contributed by atoms with E-state index in [4.69, 9.17) is 0 Å². The third-order valence-corrected chi connectivity index (χ3v) is 5.22. The SMILES string of the molecule is C=C[C@@]1(Cc2ccccc2)C(=O)N(c2ccccc2)[C@H]1c1ccccc1. The Morgan fingerprint density at radius 2 is 1.38 bits per heavy atom. The lowest BCUT2D eigenvalue weighted by molar-refractivity contribution is -0.136. The molecule has 0 aliphatic carbocycles. The van der Waals surface area contributed by atoms with Crippen LogP contribution in [0.4, 0.5) is 5.69 Å². The van der Waals surface area contributed by atoms with E-state index in [2.05, 4.69) is 30.8 Å². The fourth-order valence-electron chi connectivity index (χ4n) is 3.94. The van der Waals surface area contributed by atoms with E-state index in [1.165, 1.54) is 0 Å². The van der Waals surface area contributed by atoms with Crippen LogP contribution in [0.5, 0.6) is 0 Å². The molecule has 1 heterocycles. The first-order chi connectivity index (χ1) is 12.8. The van der Waals surface area contributed by atoms with Crippen molar-refractivity contribution in [2.24, 2.45) is 5.41 Å². The molecule has 1 aliphatic heterocycles. The van der Waals surface area contributed by atoms with Gasteiger partial charge in [-0.05, 0) is 29.7 Å². The zero-order chi connectivity index (χ0) is 18.0. The van der Waals surface area contributed by atoms with Crippen molar-refractivity contribution in [3.05, 3.63) is 115 Å². The van der Waals surface area contributed by atoms with Crippen LogP contribution < -0.4 is 4.90 Å². The Morgan fingerprint density at radius 1 is 0.846 bits per heavy atom. The molecular formula is C24H21NO. The molecule has 1 saturated heterocycles. The zero-order valence-electron chi connectivity index (χ0n) is 14.6. The summed E-state index contributed by atoms with van der Waals surface area (Å²) >= 11 is 0. The highest BCUT2D eigenvalue weighted by atomic mass is 16.2. The summed E-state index contributed by atoms with van der Waals surface area (Å²) in [6.45, 7) is 4.06. The molecule has 0 N–H and O–H groups in total. The van der Waals surface area contributed by atoms with Gasteiger partial charge in [0.1, 0.15) is 0 Å². The van der Waals surface area contributed by atoms with Gasteiger partial charge in [-0.15, -0.1) is 6.58 Å². The quantitative estimate of drug-likeness (QED) is 0.463. The van der Waals surface area contributed by atoms with E-state index in [1.807, 2.05) is 77.7 Å². The van der Waals surface area contributed by atoms with Crippen molar-refractivity contribution >= 4 is 11.6 Å². The van der Waals surface area contributed by atoms with Crippen LogP contribution in [-0.2, 0) is 11.2 Å². The number of hydrogen-bond acceptors (Lipinski definition) is 1. The molecule has 4 rings (SSSR count). The van der Waals surface area contributed by atoms with Gasteiger partial charge < -0.3 is 4.90 Å². The lowest BCUT2D eigenvalue weighted by atomic mass is 9.64. The van der Waals surface area contributed by atoms with E-state index >= 15 is 0 Å². The van der Waals surface area contributed by atoms with Gasteiger partial charge in [-0.3, -0.25) is 4.79 Å². The number of hydrogen-bond donors (Lipinski definition) is 0. The lowest BCUT2D eigenvalue weighted by Gasteiger charge is -2.55. The first-order valence-corrected chi connectivity index (χ1v) is 8.87. The Kier molecular flexibility index (Phi) is 4.18. The van der Waals surface area contributed by atoms with Gasteiger partial charge in [0.15, 0.2) is 0 Å². The Hall–Kier alpha value is -3.13. The van der Waals surface area contributed by atoms with Crippen molar-refractivity contribution < 1.29 is 4.79 Å². The summed E-state index contributed by atoms with van der Waals surface area (Å²) < 4.78 is 0. The predicted molar refractivity (Wildman–Crippen MR) is 106 cm³/mol. The molecule has 0 radical (unpaired) electrons. The van der Waals surface area contributed by atoms with E-state index in [1.54, 1.807) is 0 Å². The van der Waals surface area contributed by atoms with Crippen LogP contribution in [0.3, 0.4) is 0 Å². The molecule has 3 aromatic rings. The van der Waals surface area contributed by atoms with Crippen LogP contribution in [-0.4, -0.2) is 5.91 Å². The first-order valence-electron chi connectivity index (χ1n) is 8.87. The van der Waals surface area contributed by atoms with Crippen LogP contribution in [0.2, 0.25) is 0 Å². The third kappa shape index (κ3) is 2.55. The van der Waals surface area contributed by atoms with Crippen LogP contribution in [0.1, 0.15) is 17.2 Å². The second kappa shape index (κ2) is 6.64. The molecule has 1 fully saturated rings. The molecule has 2 heteroatoms. The summed E-state index contributed by atoms with van der Waals surface area (Å²) in [5.41, 5.74) is 2.58. The van der Waals surface area contributed by atoms with Crippen molar-refractivity contribution in [3.63, 3.8) is 0 Å². The van der Waals surface area contributed by atoms with Gasteiger partial charge in [0.25, 0.3) is 0 Å². The summed E-state index contributed by atoms with van der Waals surface area (Å²) in [5, 5.41) is 0. The van der Waals surface area contributed by atoms with Crippen LogP contribution in [0.25, 0.3) is 0 Å². The normalized spacial score (nSPS) is 21.9. The maximum absolute atomic E-state index is 13.4. The summed E-state index contributed by atoms with van der Waals surface area (Å²) in [4.78, 5) is 15.3. The average molecular weight is 339 g/mol. The second-order valence-corrected chi connectivity index (χ2v) is 6.73. The highest BCUT2D eigenvalue weighted by molar-refractivity contribution is 6.07. The highest BCUT2D eigenvalue weighted by Gasteiger charge is 2.59. The molecule has 0 saturated carbocycles. The minimum Gasteiger partial charge on any atom is -0.303 e. The van der Waals surface area contributed by atoms with Crippen molar-refractivity contribution in [3.8, 4) is 0 Å². The van der Waals surface area contributed by atoms with Crippen molar-refractivity contribution in [1.29, 1.82) is 0 Å². The highest BCUT2D eigenvalue weighted by Crippen LogP contribution is 2.54. The molecule has 2 nitrogen and oxygen atoms in total. The van der Waals surface area contributed by atoms with E-state index < -0.39 is 5.41 Å². The topological polar surface area (TPSA) is 20.3 Å². The fraction of sp³-hybridized carbons (Fsp3) is 0.125. The molecule has 0 spiro atoms. The monoisotopic (exact) mass is 339 g/mol. The van der Waals surface area contributed by atoms with E-state index in [0.717, 1.165) is 16.8 Å². The first kappa shape index (κ1) is 16.3. The minimum atomic E-state index is -0.626. The number of benzene rings is 3. The summed E-state index contributed by atoms with van der Waals surface area (Å²) in [6, 6.07) is 30.2. The largest absolute Gasteiger partial charge is 0.303 e. The van der Waals surface area contributed by atoms with E-state index in [9.17, 15) is 4.79 Å². The average Bonchev–Trinajstić information content (AvgIpc) is 2.72. The lowest BCUT2D eigenvalue weighted by Crippen LogP contribution is -2.63. The van der Waals surface area contributed by atoms with Gasteiger partial charge in [-0.2, -0.15) is 0 Å². The number of carbonyl (C=O) groups is 1. The molecular weight excluding hydrogens is 318 g/mol. The third-order valence-electron chi connectivity index (χ3n) is 5.22. The molecule has 1 amide bonds. The van der Waals surface area contributed by atoms with Gasteiger partial charge >= 0.3 is 0 Å². The Labute approximate surface area is 154 Å². The molecule has 0 aromatic heterocycles. The maximum atomic E-state index is 13.4. The Bertz CT molecular complexity index is 905. The summed E-state index contributed by atoms with van der Waals surface area (Å²) in [6.07, 6.45) is 2.50. The number of anilines is 1. The minimum absolute atomic E-state index is 0.0590. The van der Waals surface area contributed by atoms with Crippen LogP contribution in [0, 0.1) is 5.41 Å². The van der Waals surface area contributed by atoms with Gasteiger partial charge in [-0.25, -0.2) is 0 Å². The molecule has 2 atom stereocenters. The summed E-state index contributed by atoms with van der Waals surface area (Å²) in [7, 11) is 0. The zero-order valence-corrected chi connectivity index (χ0v) is 14.6. The molecule has 0 bridgehead atoms. The fourth-order valence-corrected chi connectivity index (χ4v) is 3.94. The molecule has 3 aromatic carbocycles. The van der Waals surface area contributed by atoms with Gasteiger partial charge in [0.05, 0.1) is 11.5 Å². The molecule has 26 heavy (non-hydrogen) atoms. The van der Waals surface area contributed by atoms with Gasteiger partial charge in [0.2, 0.25) is 5.91 Å². The van der Waals surface area contributed by atoms with E-state index in [-0.39, 0.29) is 11.9 Å². The Balaban J connectivity index is 1.80. The Morgan fingerprint density at radius 3 is 1.96 bits per heavy atom. The smallest absolute Gasteiger partial charge is 0.240 e. The number of amides is 1. The van der Waals surface area contributed by atoms with Crippen molar-refractivity contribution in [1.82, 2.24) is 0 Å². The molecule has 1 aliphatic rings. The number of rotatable bonds is 5. The van der Waals surface area contributed by atoms with Gasteiger partial charge in [-0.1, -0.05) is 84.9 Å². The number of carbonyl (C=O) groups excluding carboxylic acids is 1. The number of β-lactam (4-membered cyclic amide) rings is 1. The van der Waals surface area contributed by atoms with E-state index in [0.29, 0.717) is 6.42 Å². The van der Waals surface area contributed by atoms with Crippen LogP contribution >= 0.6 is 0 Å². The van der Waals surface area contributed by atoms with Crippen LogP contribution in [0.15, 0.2) is 104 Å². The number of para-hydroxylation sites is 1. The molecule has 128 valence electrons. The summed E-state index contributed by atoms with van der Waals surface area (Å²) in [5.74, 6) is 0.108.